The maximum absolute atomic E-state index is 13.2. The van der Waals surface area contributed by atoms with Crippen molar-refractivity contribution in [1.82, 2.24) is 15.1 Å². The summed E-state index contributed by atoms with van der Waals surface area (Å²) < 4.78 is 18.4. The predicted octanol–water partition coefficient (Wildman–Crippen LogP) is 3.86. The Morgan fingerprint density at radius 3 is 2.11 bits per heavy atom. The van der Waals surface area contributed by atoms with E-state index in [1.165, 1.54) is 12.1 Å². The van der Waals surface area contributed by atoms with Crippen LogP contribution < -0.4 is 14.5 Å². The number of hydrogen-bond donors (Lipinski definition) is 0. The predicted molar refractivity (Wildman–Crippen MR) is 134 cm³/mol. The van der Waals surface area contributed by atoms with Gasteiger partial charge in [0.2, 0.25) is 5.91 Å². The molecule has 5 rings (SSSR count). The third kappa shape index (κ3) is 5.21. The quantitative estimate of drug-likeness (QED) is 0.559. The van der Waals surface area contributed by atoms with Gasteiger partial charge < -0.3 is 19.4 Å². The molecule has 0 spiro atoms. The van der Waals surface area contributed by atoms with Crippen LogP contribution in [0.5, 0.6) is 5.75 Å². The van der Waals surface area contributed by atoms with Crippen LogP contribution in [0.1, 0.15) is 12.8 Å². The number of amides is 1. The molecule has 0 N–H and O–H groups in total. The summed E-state index contributed by atoms with van der Waals surface area (Å²) in [5.41, 5.74) is 2.72. The largest absolute Gasteiger partial charge is 0.497 e. The van der Waals surface area contributed by atoms with Gasteiger partial charge in [-0.25, -0.2) is 4.39 Å². The second kappa shape index (κ2) is 10.3. The number of halogens is 1. The molecule has 35 heavy (non-hydrogen) atoms. The number of methoxy groups -OCH3 is 1. The monoisotopic (exact) mass is 475 g/mol. The first-order valence-corrected chi connectivity index (χ1v) is 12.1. The molecule has 0 saturated carbocycles. The van der Waals surface area contributed by atoms with Gasteiger partial charge >= 0.3 is 0 Å². The molecule has 0 radical (unpaired) electrons. The van der Waals surface area contributed by atoms with E-state index in [0.29, 0.717) is 5.69 Å². The first-order valence-electron chi connectivity index (χ1n) is 12.1. The highest BCUT2D eigenvalue weighted by Crippen LogP contribution is 2.26. The Bertz CT molecular complexity index is 1120. The minimum absolute atomic E-state index is 0.0604. The summed E-state index contributed by atoms with van der Waals surface area (Å²) in [6, 6.07) is 18.2. The number of anilines is 2. The number of aromatic nitrogens is 2. The average Bonchev–Trinajstić information content (AvgIpc) is 2.93. The number of carbonyl (C=O) groups excluding carboxylic acids is 1. The van der Waals surface area contributed by atoms with Gasteiger partial charge in [0.15, 0.2) is 5.82 Å². The fraction of sp³-hybridized carbons (Fsp3) is 0.370. The molecule has 1 aromatic heterocycles. The second-order valence-electron chi connectivity index (χ2n) is 9.06. The highest BCUT2D eigenvalue weighted by Gasteiger charge is 2.31. The molecule has 0 unspecified atom stereocenters. The number of nitrogens with zero attached hydrogens (tertiary/aromatic N) is 5. The number of ether oxygens (including phenoxy) is 1. The summed E-state index contributed by atoms with van der Waals surface area (Å²) in [5.74, 6) is 1.73. The Morgan fingerprint density at radius 2 is 1.51 bits per heavy atom. The van der Waals surface area contributed by atoms with Crippen molar-refractivity contribution < 1.29 is 13.9 Å². The number of carbonyl (C=O) groups is 1. The molecular weight excluding hydrogens is 445 g/mol. The highest BCUT2D eigenvalue weighted by molar-refractivity contribution is 5.79. The summed E-state index contributed by atoms with van der Waals surface area (Å²) in [6.45, 7) is 4.75. The first-order chi connectivity index (χ1) is 17.1. The number of hydrogen-bond acceptors (Lipinski definition) is 6. The van der Waals surface area contributed by atoms with Crippen molar-refractivity contribution in [2.45, 2.75) is 12.8 Å². The van der Waals surface area contributed by atoms with Crippen molar-refractivity contribution in [1.29, 1.82) is 0 Å². The van der Waals surface area contributed by atoms with Crippen molar-refractivity contribution in [2.75, 3.05) is 56.2 Å². The minimum atomic E-state index is -0.269. The lowest BCUT2D eigenvalue weighted by molar-refractivity contribution is -0.136. The molecule has 2 aliphatic heterocycles. The topological polar surface area (TPSA) is 61.8 Å². The lowest BCUT2D eigenvalue weighted by Gasteiger charge is -2.39. The van der Waals surface area contributed by atoms with Crippen LogP contribution in [0.15, 0.2) is 60.7 Å². The van der Waals surface area contributed by atoms with Gasteiger partial charge in [0, 0.05) is 56.4 Å². The zero-order chi connectivity index (χ0) is 24.2. The maximum Gasteiger partial charge on any atom is 0.225 e. The summed E-state index contributed by atoms with van der Waals surface area (Å²) >= 11 is 0. The Balaban J connectivity index is 1.11. The summed E-state index contributed by atoms with van der Waals surface area (Å²) in [7, 11) is 1.67. The summed E-state index contributed by atoms with van der Waals surface area (Å²) in [5, 5.41) is 8.70. The van der Waals surface area contributed by atoms with Crippen LogP contribution in [0.25, 0.3) is 11.3 Å². The number of rotatable bonds is 5. The molecule has 182 valence electrons. The van der Waals surface area contributed by atoms with Crippen molar-refractivity contribution in [3.63, 3.8) is 0 Å². The minimum Gasteiger partial charge on any atom is -0.497 e. The Hall–Kier alpha value is -3.68. The van der Waals surface area contributed by atoms with Gasteiger partial charge in [0.25, 0.3) is 0 Å². The fourth-order valence-electron chi connectivity index (χ4n) is 4.86. The molecule has 7 nitrogen and oxygen atoms in total. The van der Waals surface area contributed by atoms with Gasteiger partial charge in [-0.3, -0.25) is 4.79 Å². The van der Waals surface area contributed by atoms with Crippen LogP contribution in [0.3, 0.4) is 0 Å². The van der Waals surface area contributed by atoms with Crippen LogP contribution >= 0.6 is 0 Å². The van der Waals surface area contributed by atoms with E-state index in [2.05, 4.69) is 32.1 Å². The molecule has 1 amide bonds. The SMILES string of the molecule is COc1ccc(N2CCN(C(=O)C3CCN(c4ccc(-c5ccc(F)cc5)nn4)CC3)CC2)cc1. The zero-order valence-electron chi connectivity index (χ0n) is 19.9. The van der Waals surface area contributed by atoms with Gasteiger partial charge in [0.05, 0.1) is 12.8 Å². The van der Waals surface area contributed by atoms with Gasteiger partial charge in [0.1, 0.15) is 11.6 Å². The lowest BCUT2D eigenvalue weighted by atomic mass is 9.95. The molecule has 2 aliphatic rings. The van der Waals surface area contributed by atoms with E-state index in [1.54, 1.807) is 19.2 Å². The van der Waals surface area contributed by atoms with Crippen molar-refractivity contribution in [3.8, 4) is 17.0 Å². The van der Waals surface area contributed by atoms with Gasteiger partial charge in [-0.2, -0.15) is 0 Å². The average molecular weight is 476 g/mol. The normalized spacial score (nSPS) is 16.9. The van der Waals surface area contributed by atoms with Gasteiger partial charge in [-0.05, 0) is 73.5 Å². The highest BCUT2D eigenvalue weighted by atomic mass is 19.1. The summed E-state index contributed by atoms with van der Waals surface area (Å²) in [6.07, 6.45) is 1.64. The molecule has 3 aromatic rings. The van der Waals surface area contributed by atoms with Crippen molar-refractivity contribution >= 4 is 17.4 Å². The standard InChI is InChI=1S/C27H30FN5O2/c1-35-24-8-6-23(7-9-24)31-16-18-33(19-17-31)27(34)21-12-14-32(15-13-21)26-11-10-25(29-30-26)20-2-4-22(28)5-3-20/h2-11,21H,12-19H2,1H3. The third-order valence-corrected chi connectivity index (χ3v) is 6.99. The molecule has 2 aromatic carbocycles. The number of benzene rings is 2. The molecule has 2 fully saturated rings. The van der Waals surface area contributed by atoms with E-state index >= 15 is 0 Å². The number of piperidine rings is 1. The molecule has 8 heteroatoms. The van der Waals surface area contributed by atoms with E-state index in [0.717, 1.165) is 74.9 Å². The van der Waals surface area contributed by atoms with E-state index < -0.39 is 0 Å². The van der Waals surface area contributed by atoms with Crippen molar-refractivity contribution in [2.24, 2.45) is 5.92 Å². The Kier molecular flexibility index (Phi) is 6.79. The summed E-state index contributed by atoms with van der Waals surface area (Å²) in [4.78, 5) is 19.7. The fourth-order valence-corrected chi connectivity index (χ4v) is 4.86. The zero-order valence-corrected chi connectivity index (χ0v) is 19.9. The van der Waals surface area contributed by atoms with Crippen LogP contribution in [0.2, 0.25) is 0 Å². The van der Waals surface area contributed by atoms with Crippen LogP contribution in [-0.4, -0.2) is 67.4 Å². The van der Waals surface area contributed by atoms with E-state index in [-0.39, 0.29) is 17.6 Å². The van der Waals surface area contributed by atoms with Crippen LogP contribution in [0, 0.1) is 11.7 Å². The first kappa shape index (κ1) is 23.1. The second-order valence-corrected chi connectivity index (χ2v) is 9.06. The lowest BCUT2D eigenvalue weighted by Crippen LogP contribution is -2.51. The van der Waals surface area contributed by atoms with Gasteiger partial charge in [-0.1, -0.05) is 0 Å². The molecule has 2 saturated heterocycles. The molecule has 3 heterocycles. The Morgan fingerprint density at radius 1 is 0.829 bits per heavy atom. The van der Waals surface area contributed by atoms with Crippen molar-refractivity contribution in [3.05, 3.63) is 66.5 Å². The molecule has 0 atom stereocenters. The van der Waals surface area contributed by atoms with E-state index in [9.17, 15) is 9.18 Å². The maximum atomic E-state index is 13.2. The van der Waals surface area contributed by atoms with E-state index in [1.807, 2.05) is 29.2 Å². The van der Waals surface area contributed by atoms with Crippen LogP contribution in [-0.2, 0) is 4.79 Å². The number of piperazine rings is 1. The Labute approximate surface area is 205 Å². The van der Waals surface area contributed by atoms with E-state index in [4.69, 9.17) is 4.74 Å². The van der Waals surface area contributed by atoms with Crippen LogP contribution in [0.4, 0.5) is 15.9 Å². The molecular formula is C27H30FN5O2. The van der Waals surface area contributed by atoms with Gasteiger partial charge in [-0.15, -0.1) is 10.2 Å². The molecule has 0 aliphatic carbocycles. The molecule has 0 bridgehead atoms. The third-order valence-electron chi connectivity index (χ3n) is 6.99. The smallest absolute Gasteiger partial charge is 0.225 e.